The fraction of sp³-hybridized carbons (Fsp3) is 0.500. The molecule has 0 aliphatic rings. The molecular formula is C26H35ClO5. The van der Waals surface area contributed by atoms with E-state index in [9.17, 15) is 9.90 Å². The lowest BCUT2D eigenvalue weighted by atomic mass is 9.96. The fourth-order valence-corrected chi connectivity index (χ4v) is 3.80. The molecule has 5 nitrogen and oxygen atoms in total. The average molecular weight is 463 g/mol. The summed E-state index contributed by atoms with van der Waals surface area (Å²) in [4.78, 5) is 12.5. The molecule has 0 aliphatic heterocycles. The van der Waals surface area contributed by atoms with Crippen molar-refractivity contribution in [3.05, 3.63) is 58.1 Å². The minimum Gasteiger partial charge on any atom is -0.494 e. The van der Waals surface area contributed by atoms with Crippen molar-refractivity contribution in [3.8, 4) is 11.5 Å². The normalized spacial score (nSPS) is 12.8. The largest absolute Gasteiger partial charge is 0.494 e. The van der Waals surface area contributed by atoms with Gasteiger partial charge in [-0.3, -0.25) is 0 Å². The van der Waals surface area contributed by atoms with E-state index in [1.165, 1.54) is 0 Å². The van der Waals surface area contributed by atoms with Crippen LogP contribution in [0.15, 0.2) is 36.4 Å². The number of hydrogen-bond acceptors (Lipinski definition) is 5. The number of esters is 1. The van der Waals surface area contributed by atoms with Crippen LogP contribution in [0.4, 0.5) is 0 Å². The summed E-state index contributed by atoms with van der Waals surface area (Å²) in [5.74, 6) is 0.871. The summed E-state index contributed by atoms with van der Waals surface area (Å²) in [6, 6.07) is 11.3. The van der Waals surface area contributed by atoms with Crippen LogP contribution >= 0.6 is 11.6 Å². The van der Waals surface area contributed by atoms with Crippen LogP contribution in [0.25, 0.3) is 0 Å². The number of carbonyl (C=O) groups excluding carboxylic acids is 1. The van der Waals surface area contributed by atoms with Gasteiger partial charge in [0.25, 0.3) is 0 Å². The van der Waals surface area contributed by atoms with E-state index in [0.29, 0.717) is 23.8 Å². The smallest absolute Gasteiger partial charge is 0.341 e. The zero-order valence-electron chi connectivity index (χ0n) is 19.6. The van der Waals surface area contributed by atoms with E-state index >= 15 is 0 Å². The van der Waals surface area contributed by atoms with Gasteiger partial charge in [0.1, 0.15) is 18.1 Å². The van der Waals surface area contributed by atoms with Crippen molar-refractivity contribution in [2.24, 2.45) is 0 Å². The van der Waals surface area contributed by atoms with E-state index in [1.54, 1.807) is 19.1 Å². The molecule has 0 aromatic heterocycles. The molecule has 6 heteroatoms. The third-order valence-corrected chi connectivity index (χ3v) is 5.53. The lowest BCUT2D eigenvalue weighted by Crippen LogP contribution is -2.45. The second kappa shape index (κ2) is 12.7. The quantitative estimate of drug-likeness (QED) is 0.293. The van der Waals surface area contributed by atoms with Crippen molar-refractivity contribution in [2.45, 2.75) is 65.4 Å². The minimum atomic E-state index is -1.67. The molecule has 0 amide bonds. The van der Waals surface area contributed by atoms with Crippen LogP contribution in [-0.4, -0.2) is 36.5 Å². The molecule has 176 valence electrons. The molecule has 0 saturated carbocycles. The SMILES string of the molecule is CCOC(=O)[C@@](O)(CCCCCCOc1ccc(Cl)cc1)COc1c(C)cc(C)cc1C. The Morgan fingerprint density at radius 1 is 0.969 bits per heavy atom. The van der Waals surface area contributed by atoms with Crippen molar-refractivity contribution in [3.63, 3.8) is 0 Å². The van der Waals surface area contributed by atoms with Gasteiger partial charge < -0.3 is 19.3 Å². The van der Waals surface area contributed by atoms with Gasteiger partial charge in [-0.1, -0.05) is 42.1 Å². The Balaban J connectivity index is 1.82. The first-order valence-corrected chi connectivity index (χ1v) is 11.6. The van der Waals surface area contributed by atoms with E-state index in [-0.39, 0.29) is 19.6 Å². The Hall–Kier alpha value is -2.24. The van der Waals surface area contributed by atoms with Gasteiger partial charge in [0, 0.05) is 5.02 Å². The summed E-state index contributed by atoms with van der Waals surface area (Å²) in [7, 11) is 0. The van der Waals surface area contributed by atoms with Crippen molar-refractivity contribution in [1.82, 2.24) is 0 Å². The molecule has 32 heavy (non-hydrogen) atoms. The number of benzene rings is 2. The zero-order valence-corrected chi connectivity index (χ0v) is 20.3. The summed E-state index contributed by atoms with van der Waals surface area (Å²) >= 11 is 5.87. The first-order valence-electron chi connectivity index (χ1n) is 11.2. The molecule has 2 aromatic rings. The van der Waals surface area contributed by atoms with E-state index in [2.05, 4.69) is 0 Å². The van der Waals surface area contributed by atoms with Crippen molar-refractivity contribution in [1.29, 1.82) is 0 Å². The molecular weight excluding hydrogens is 428 g/mol. The van der Waals surface area contributed by atoms with Gasteiger partial charge in [-0.25, -0.2) is 4.79 Å². The summed E-state index contributed by atoms with van der Waals surface area (Å²) in [6.07, 6.45) is 3.66. The highest BCUT2D eigenvalue weighted by molar-refractivity contribution is 6.30. The van der Waals surface area contributed by atoms with E-state index in [0.717, 1.165) is 41.7 Å². The maximum absolute atomic E-state index is 12.5. The molecule has 0 spiro atoms. The van der Waals surface area contributed by atoms with Crippen molar-refractivity contribution < 1.29 is 24.1 Å². The second-order valence-electron chi connectivity index (χ2n) is 8.24. The molecule has 0 heterocycles. The predicted octanol–water partition coefficient (Wildman–Crippen LogP) is 5.97. The van der Waals surface area contributed by atoms with Gasteiger partial charge in [0.05, 0.1) is 13.2 Å². The Kier molecular flexibility index (Phi) is 10.3. The van der Waals surface area contributed by atoms with Gasteiger partial charge in [0.2, 0.25) is 0 Å². The fourth-order valence-electron chi connectivity index (χ4n) is 3.68. The van der Waals surface area contributed by atoms with Gasteiger partial charge in [-0.05, 0) is 82.3 Å². The number of carbonyl (C=O) groups is 1. The summed E-state index contributed by atoms with van der Waals surface area (Å²) < 4.78 is 16.8. The molecule has 1 N–H and O–H groups in total. The van der Waals surface area contributed by atoms with Crippen molar-refractivity contribution in [2.75, 3.05) is 19.8 Å². The van der Waals surface area contributed by atoms with E-state index < -0.39 is 11.6 Å². The molecule has 0 saturated heterocycles. The monoisotopic (exact) mass is 462 g/mol. The molecule has 0 bridgehead atoms. The maximum Gasteiger partial charge on any atom is 0.341 e. The van der Waals surface area contributed by atoms with Gasteiger partial charge in [0.15, 0.2) is 5.60 Å². The number of aryl methyl sites for hydroxylation is 3. The highest BCUT2D eigenvalue weighted by Gasteiger charge is 2.38. The summed E-state index contributed by atoms with van der Waals surface area (Å²) in [6.45, 7) is 8.38. The summed E-state index contributed by atoms with van der Waals surface area (Å²) in [5.41, 5.74) is 1.44. The van der Waals surface area contributed by atoms with Crippen LogP contribution in [-0.2, 0) is 9.53 Å². The maximum atomic E-state index is 12.5. The van der Waals surface area contributed by atoms with Gasteiger partial charge in [-0.2, -0.15) is 0 Å². The van der Waals surface area contributed by atoms with Crippen LogP contribution in [0.1, 0.15) is 55.7 Å². The number of halogens is 1. The van der Waals surface area contributed by atoms with Crippen LogP contribution in [0.3, 0.4) is 0 Å². The predicted molar refractivity (Wildman–Crippen MR) is 128 cm³/mol. The van der Waals surface area contributed by atoms with Crippen LogP contribution in [0.5, 0.6) is 11.5 Å². The average Bonchev–Trinajstić information content (AvgIpc) is 2.73. The van der Waals surface area contributed by atoms with Crippen molar-refractivity contribution >= 4 is 17.6 Å². The Labute approximate surface area is 196 Å². The number of hydrogen-bond donors (Lipinski definition) is 1. The van der Waals surface area contributed by atoms with E-state index in [1.807, 2.05) is 45.0 Å². The molecule has 2 aromatic carbocycles. The number of aliphatic hydroxyl groups is 1. The molecule has 0 unspecified atom stereocenters. The zero-order chi connectivity index (χ0) is 23.6. The Morgan fingerprint density at radius 3 is 2.22 bits per heavy atom. The molecule has 2 rings (SSSR count). The topological polar surface area (TPSA) is 65.0 Å². The molecule has 1 atom stereocenters. The third kappa shape index (κ3) is 8.03. The number of unbranched alkanes of at least 4 members (excludes halogenated alkanes) is 3. The van der Waals surface area contributed by atoms with Gasteiger partial charge in [-0.15, -0.1) is 0 Å². The number of rotatable bonds is 13. The highest BCUT2D eigenvalue weighted by Crippen LogP contribution is 2.27. The van der Waals surface area contributed by atoms with Crippen LogP contribution in [0.2, 0.25) is 5.02 Å². The third-order valence-electron chi connectivity index (χ3n) is 5.28. The van der Waals surface area contributed by atoms with E-state index in [4.69, 9.17) is 25.8 Å². The van der Waals surface area contributed by atoms with Gasteiger partial charge >= 0.3 is 5.97 Å². The molecule has 0 aliphatic carbocycles. The minimum absolute atomic E-state index is 0.129. The molecule has 0 radical (unpaired) electrons. The first-order chi connectivity index (χ1) is 15.2. The van der Waals surface area contributed by atoms with Crippen LogP contribution < -0.4 is 9.47 Å². The highest BCUT2D eigenvalue weighted by atomic mass is 35.5. The summed E-state index contributed by atoms with van der Waals surface area (Å²) in [5, 5.41) is 11.7. The standard InChI is InChI=1S/C26H35ClO5/c1-5-30-25(28)26(29,18-32-24-20(3)16-19(2)17-21(24)4)14-8-6-7-9-15-31-23-12-10-22(27)11-13-23/h10-13,16-17,29H,5-9,14-15,18H2,1-4H3/t26-/m1/s1. The molecule has 0 fully saturated rings. The second-order valence-corrected chi connectivity index (χ2v) is 8.67. The first kappa shape index (κ1) is 26.0. The Bertz CT molecular complexity index is 842. The number of ether oxygens (including phenoxy) is 3. The lowest BCUT2D eigenvalue weighted by molar-refractivity contribution is -0.169. The lowest BCUT2D eigenvalue weighted by Gasteiger charge is -2.27. The van der Waals surface area contributed by atoms with Crippen LogP contribution in [0, 0.1) is 20.8 Å². The Morgan fingerprint density at radius 2 is 1.59 bits per heavy atom.